The molecule has 0 aromatic carbocycles. The van der Waals surface area contributed by atoms with Gasteiger partial charge in [-0.2, -0.15) is 0 Å². The van der Waals surface area contributed by atoms with Gasteiger partial charge in [0.05, 0.1) is 12.8 Å². The Morgan fingerprint density at radius 1 is 1.08 bits per heavy atom. The molecule has 1 saturated heterocycles. The summed E-state index contributed by atoms with van der Waals surface area (Å²) in [4.78, 5) is 38.3. The van der Waals surface area contributed by atoms with Crippen molar-refractivity contribution in [2.45, 2.75) is 51.0 Å². The lowest BCUT2D eigenvalue weighted by molar-refractivity contribution is -0.137. The van der Waals surface area contributed by atoms with Crippen molar-refractivity contribution in [3.8, 4) is 0 Å². The maximum atomic E-state index is 12.6. The maximum absolute atomic E-state index is 12.6. The topological polar surface area (TPSA) is 91.7 Å². The van der Waals surface area contributed by atoms with Crippen LogP contribution in [0.1, 0.15) is 55.5 Å². The summed E-state index contributed by atoms with van der Waals surface area (Å²) >= 11 is 0. The molecule has 0 spiro atoms. The second-order valence-electron chi connectivity index (χ2n) is 7.16. The Hall–Kier alpha value is -2.31. The smallest absolute Gasteiger partial charge is 0.287 e. The van der Waals surface area contributed by atoms with Crippen LogP contribution in [0.5, 0.6) is 0 Å². The summed E-state index contributed by atoms with van der Waals surface area (Å²) in [5.41, 5.74) is 0. The van der Waals surface area contributed by atoms with Gasteiger partial charge in [-0.1, -0.05) is 19.3 Å². The molecular weight excluding hydrogens is 334 g/mol. The minimum atomic E-state index is -0.405. The summed E-state index contributed by atoms with van der Waals surface area (Å²) in [7, 11) is 0. The first-order chi connectivity index (χ1) is 12.6. The van der Waals surface area contributed by atoms with E-state index in [1.807, 2.05) is 4.90 Å². The van der Waals surface area contributed by atoms with Crippen LogP contribution in [0.4, 0.5) is 0 Å². The first kappa shape index (κ1) is 18.5. The van der Waals surface area contributed by atoms with Crippen molar-refractivity contribution in [2.75, 3.05) is 19.6 Å². The number of nitrogens with one attached hydrogen (secondary N) is 2. The van der Waals surface area contributed by atoms with E-state index in [9.17, 15) is 14.4 Å². The second kappa shape index (κ2) is 8.87. The van der Waals surface area contributed by atoms with E-state index in [4.69, 9.17) is 4.42 Å². The van der Waals surface area contributed by atoms with E-state index in [2.05, 4.69) is 10.6 Å². The van der Waals surface area contributed by atoms with E-state index < -0.39 is 5.91 Å². The zero-order valence-corrected chi connectivity index (χ0v) is 15.0. The summed E-state index contributed by atoms with van der Waals surface area (Å²) in [5, 5.41) is 5.47. The lowest BCUT2D eigenvalue weighted by Crippen LogP contribution is -2.49. The fraction of sp³-hybridized carbons (Fsp3) is 0.632. The van der Waals surface area contributed by atoms with Crippen molar-refractivity contribution in [3.05, 3.63) is 24.2 Å². The predicted octanol–water partition coefficient (Wildman–Crippen LogP) is 1.70. The highest BCUT2D eigenvalue weighted by Gasteiger charge is 2.29. The highest BCUT2D eigenvalue weighted by atomic mass is 16.3. The van der Waals surface area contributed by atoms with Crippen molar-refractivity contribution in [1.29, 1.82) is 0 Å². The molecule has 0 radical (unpaired) electrons. The molecule has 0 bridgehead atoms. The fourth-order valence-corrected chi connectivity index (χ4v) is 3.79. The van der Waals surface area contributed by atoms with E-state index in [0.717, 1.165) is 38.5 Å². The van der Waals surface area contributed by atoms with Gasteiger partial charge in [-0.15, -0.1) is 0 Å². The van der Waals surface area contributed by atoms with Gasteiger partial charge in [-0.25, -0.2) is 0 Å². The van der Waals surface area contributed by atoms with Gasteiger partial charge in [-0.05, 0) is 37.8 Å². The zero-order valence-electron chi connectivity index (χ0n) is 15.0. The molecule has 2 aliphatic rings. The quantitative estimate of drug-likeness (QED) is 0.835. The molecule has 26 heavy (non-hydrogen) atoms. The molecule has 3 amide bonds. The van der Waals surface area contributed by atoms with Crippen molar-refractivity contribution in [3.63, 3.8) is 0 Å². The van der Waals surface area contributed by atoms with Crippen molar-refractivity contribution in [2.24, 2.45) is 5.92 Å². The van der Waals surface area contributed by atoms with E-state index >= 15 is 0 Å². The van der Waals surface area contributed by atoms with Crippen LogP contribution in [0.25, 0.3) is 0 Å². The molecule has 3 rings (SSSR count). The first-order valence-electron chi connectivity index (χ1n) is 9.53. The SMILES string of the molecule is O=C(CNC(=O)c1ccco1)NC1CCN(C(=O)C2CCCCC2)CC1. The van der Waals surface area contributed by atoms with Gasteiger partial charge in [0.25, 0.3) is 5.91 Å². The van der Waals surface area contributed by atoms with Gasteiger partial charge in [0.2, 0.25) is 11.8 Å². The van der Waals surface area contributed by atoms with Crippen LogP contribution in [-0.2, 0) is 9.59 Å². The molecule has 7 heteroatoms. The van der Waals surface area contributed by atoms with Crippen LogP contribution in [0.3, 0.4) is 0 Å². The third-order valence-electron chi connectivity index (χ3n) is 5.28. The molecule has 0 atom stereocenters. The third-order valence-corrected chi connectivity index (χ3v) is 5.28. The number of nitrogens with zero attached hydrogens (tertiary/aromatic N) is 1. The van der Waals surface area contributed by atoms with Crippen LogP contribution in [0.2, 0.25) is 0 Å². The Bertz CT molecular complexity index is 615. The molecule has 2 fully saturated rings. The average Bonchev–Trinajstić information content (AvgIpc) is 3.22. The van der Waals surface area contributed by atoms with Gasteiger partial charge < -0.3 is 20.0 Å². The molecule has 2 N–H and O–H groups in total. The first-order valence-corrected chi connectivity index (χ1v) is 9.53. The summed E-state index contributed by atoms with van der Waals surface area (Å²) in [6.07, 6.45) is 8.54. The highest BCUT2D eigenvalue weighted by Crippen LogP contribution is 2.26. The Morgan fingerprint density at radius 2 is 1.81 bits per heavy atom. The van der Waals surface area contributed by atoms with Gasteiger partial charge in [0, 0.05) is 25.0 Å². The van der Waals surface area contributed by atoms with Gasteiger partial charge >= 0.3 is 0 Å². The molecule has 1 aromatic rings. The second-order valence-corrected chi connectivity index (χ2v) is 7.16. The van der Waals surface area contributed by atoms with Gasteiger partial charge in [-0.3, -0.25) is 14.4 Å². The fourth-order valence-electron chi connectivity index (χ4n) is 3.79. The molecule has 0 unspecified atom stereocenters. The minimum absolute atomic E-state index is 0.0541. The lowest BCUT2D eigenvalue weighted by atomic mass is 9.87. The molecule has 2 heterocycles. The van der Waals surface area contributed by atoms with Gasteiger partial charge in [0.1, 0.15) is 0 Å². The molecule has 1 aliphatic heterocycles. The third kappa shape index (κ3) is 4.86. The van der Waals surface area contributed by atoms with Crippen LogP contribution in [-0.4, -0.2) is 48.3 Å². The van der Waals surface area contributed by atoms with E-state index in [-0.39, 0.29) is 30.2 Å². The number of carbonyl (C=O) groups is 3. The summed E-state index contributed by atoms with van der Waals surface area (Å²) in [6.45, 7) is 1.30. The molecular formula is C19H27N3O4. The molecule has 1 aromatic heterocycles. The largest absolute Gasteiger partial charge is 0.459 e. The van der Waals surface area contributed by atoms with Crippen LogP contribution < -0.4 is 10.6 Å². The minimum Gasteiger partial charge on any atom is -0.459 e. The van der Waals surface area contributed by atoms with Crippen molar-refractivity contribution in [1.82, 2.24) is 15.5 Å². The van der Waals surface area contributed by atoms with Gasteiger partial charge in [0.15, 0.2) is 5.76 Å². The van der Waals surface area contributed by atoms with Crippen LogP contribution in [0, 0.1) is 5.92 Å². The number of piperidine rings is 1. The number of hydrogen-bond acceptors (Lipinski definition) is 4. The predicted molar refractivity (Wildman–Crippen MR) is 95.4 cm³/mol. The van der Waals surface area contributed by atoms with E-state index in [1.165, 1.54) is 12.7 Å². The number of carbonyl (C=O) groups excluding carboxylic acids is 3. The van der Waals surface area contributed by atoms with E-state index in [0.29, 0.717) is 19.0 Å². The van der Waals surface area contributed by atoms with Crippen molar-refractivity contribution >= 4 is 17.7 Å². The number of furan rings is 1. The Labute approximate surface area is 153 Å². The Kier molecular flexibility index (Phi) is 6.30. The van der Waals surface area contributed by atoms with Crippen molar-refractivity contribution < 1.29 is 18.8 Å². The number of amides is 3. The summed E-state index contributed by atoms with van der Waals surface area (Å²) in [5.74, 6) is 0.0548. The summed E-state index contributed by atoms with van der Waals surface area (Å²) in [6, 6.07) is 3.22. The Morgan fingerprint density at radius 3 is 2.46 bits per heavy atom. The number of hydrogen-bond donors (Lipinski definition) is 2. The summed E-state index contributed by atoms with van der Waals surface area (Å²) < 4.78 is 4.98. The number of likely N-dealkylation sites (tertiary alicyclic amines) is 1. The lowest BCUT2D eigenvalue weighted by Gasteiger charge is -2.35. The highest BCUT2D eigenvalue weighted by molar-refractivity contribution is 5.94. The monoisotopic (exact) mass is 361 g/mol. The molecule has 1 saturated carbocycles. The average molecular weight is 361 g/mol. The molecule has 1 aliphatic carbocycles. The van der Waals surface area contributed by atoms with Crippen LogP contribution in [0.15, 0.2) is 22.8 Å². The maximum Gasteiger partial charge on any atom is 0.287 e. The number of rotatable bonds is 5. The molecule has 142 valence electrons. The standard InChI is InChI=1S/C19H27N3O4/c23-17(13-20-18(24)16-7-4-12-26-16)21-15-8-10-22(11-9-15)19(25)14-5-2-1-3-6-14/h4,7,12,14-15H,1-3,5-6,8-11,13H2,(H,20,24)(H,21,23). The van der Waals surface area contributed by atoms with Crippen LogP contribution >= 0.6 is 0 Å². The normalized spacial score (nSPS) is 19.2. The molecule has 7 nitrogen and oxygen atoms in total. The van der Waals surface area contributed by atoms with E-state index in [1.54, 1.807) is 12.1 Å². The Balaban J connectivity index is 1.36. The zero-order chi connectivity index (χ0) is 18.4.